The van der Waals surface area contributed by atoms with Crippen molar-refractivity contribution in [1.82, 2.24) is 4.98 Å². The molecule has 3 aromatic rings. The molecule has 2 aromatic carbocycles. The number of carbonyl (C=O) groups is 1. The Morgan fingerprint density at radius 3 is 2.68 bits per heavy atom. The van der Waals surface area contributed by atoms with E-state index in [1.54, 1.807) is 31.3 Å². The molecule has 1 fully saturated rings. The zero-order valence-corrected chi connectivity index (χ0v) is 20.6. The van der Waals surface area contributed by atoms with E-state index in [4.69, 9.17) is 19.3 Å². The van der Waals surface area contributed by atoms with Crippen molar-refractivity contribution in [2.24, 2.45) is 0 Å². The fourth-order valence-electron chi connectivity index (χ4n) is 4.99. The number of benzene rings is 2. The molecule has 1 saturated heterocycles. The predicted molar refractivity (Wildman–Crippen MR) is 136 cm³/mol. The number of aromatic nitrogens is 1. The van der Waals surface area contributed by atoms with Crippen LogP contribution in [0.2, 0.25) is 0 Å². The molecule has 3 atom stereocenters. The Bertz CT molecular complexity index is 1320. The van der Waals surface area contributed by atoms with Crippen molar-refractivity contribution in [1.29, 1.82) is 0 Å². The van der Waals surface area contributed by atoms with E-state index in [0.29, 0.717) is 43.2 Å². The lowest BCUT2D eigenvalue weighted by atomic mass is 9.96. The molecule has 0 radical (unpaired) electrons. The van der Waals surface area contributed by atoms with Crippen molar-refractivity contribution < 1.29 is 28.5 Å². The lowest BCUT2D eigenvalue weighted by Crippen LogP contribution is -2.16. The average Bonchev–Trinajstić information content (AvgIpc) is 3.56. The third kappa shape index (κ3) is 5.60. The topological polar surface area (TPSA) is 77.9 Å². The van der Waals surface area contributed by atoms with Gasteiger partial charge in [-0.25, -0.2) is 9.37 Å². The number of rotatable bonds is 8. The first-order chi connectivity index (χ1) is 18.0. The minimum atomic E-state index is -0.900. The van der Waals surface area contributed by atoms with E-state index >= 15 is 4.39 Å². The van der Waals surface area contributed by atoms with Crippen LogP contribution in [0.1, 0.15) is 54.9 Å². The molecule has 0 bridgehead atoms. The third-order valence-electron chi connectivity index (χ3n) is 6.76. The van der Waals surface area contributed by atoms with E-state index in [1.165, 1.54) is 6.07 Å². The summed E-state index contributed by atoms with van der Waals surface area (Å²) in [6.45, 7) is 2.97. The molecule has 0 saturated carbocycles. The number of aliphatic carboxylic acids is 1. The summed E-state index contributed by atoms with van der Waals surface area (Å²) in [5, 5.41) is 9.17. The third-order valence-corrected chi connectivity index (χ3v) is 6.76. The van der Waals surface area contributed by atoms with Gasteiger partial charge in [0.1, 0.15) is 23.8 Å². The van der Waals surface area contributed by atoms with Crippen LogP contribution in [0.15, 0.2) is 54.7 Å². The van der Waals surface area contributed by atoms with E-state index in [1.807, 2.05) is 24.3 Å². The Hall–Kier alpha value is -3.89. The van der Waals surface area contributed by atoms with Crippen LogP contribution < -0.4 is 9.47 Å². The van der Waals surface area contributed by atoms with E-state index in [2.05, 4.69) is 16.8 Å². The summed E-state index contributed by atoms with van der Waals surface area (Å²) in [6.07, 6.45) is 3.52. The van der Waals surface area contributed by atoms with E-state index in [9.17, 15) is 4.79 Å². The molecule has 2 heterocycles. The maximum Gasteiger partial charge on any atom is 0.304 e. The quantitative estimate of drug-likeness (QED) is 0.399. The van der Waals surface area contributed by atoms with E-state index in [0.717, 1.165) is 28.7 Å². The van der Waals surface area contributed by atoms with E-state index < -0.39 is 12.1 Å². The van der Waals surface area contributed by atoms with Crippen molar-refractivity contribution >= 4 is 5.97 Å². The summed E-state index contributed by atoms with van der Waals surface area (Å²) in [7, 11) is 0. The number of hydrogen-bond acceptors (Lipinski definition) is 5. The van der Waals surface area contributed by atoms with Gasteiger partial charge in [-0.15, -0.1) is 5.92 Å². The highest BCUT2D eigenvalue weighted by Crippen LogP contribution is 2.42. The summed E-state index contributed by atoms with van der Waals surface area (Å²) in [5.41, 5.74) is 4.16. The number of halogens is 1. The molecule has 1 N–H and O–H groups in total. The molecule has 190 valence electrons. The zero-order chi connectivity index (χ0) is 25.8. The van der Waals surface area contributed by atoms with Gasteiger partial charge in [-0.05, 0) is 60.7 Å². The molecular weight excluding hydrogens is 473 g/mol. The van der Waals surface area contributed by atoms with Crippen molar-refractivity contribution in [2.45, 2.75) is 50.7 Å². The lowest BCUT2D eigenvalue weighted by Gasteiger charge is -2.17. The maximum absolute atomic E-state index is 15.0. The molecule has 5 rings (SSSR count). The summed E-state index contributed by atoms with van der Waals surface area (Å²) in [6, 6.07) is 14.3. The van der Waals surface area contributed by atoms with Gasteiger partial charge in [-0.1, -0.05) is 24.1 Å². The first kappa shape index (κ1) is 24.8. The summed E-state index contributed by atoms with van der Waals surface area (Å²) >= 11 is 0. The van der Waals surface area contributed by atoms with Crippen LogP contribution in [0.5, 0.6) is 11.6 Å². The molecule has 0 spiro atoms. The number of carboxylic acids is 1. The molecule has 1 aliphatic carbocycles. The largest absolute Gasteiger partial charge is 0.486 e. The van der Waals surface area contributed by atoms with Crippen molar-refractivity contribution in [3.8, 4) is 34.6 Å². The number of carboxylic acid groups (broad SMARTS) is 1. The minimum Gasteiger partial charge on any atom is -0.486 e. The summed E-state index contributed by atoms with van der Waals surface area (Å²) in [4.78, 5) is 15.6. The molecule has 0 unspecified atom stereocenters. The van der Waals surface area contributed by atoms with Crippen molar-refractivity contribution in [3.05, 3.63) is 77.2 Å². The normalized spacial score (nSPS) is 19.0. The van der Waals surface area contributed by atoms with Gasteiger partial charge in [0.05, 0.1) is 25.6 Å². The molecule has 7 heteroatoms. The van der Waals surface area contributed by atoms with Gasteiger partial charge >= 0.3 is 5.97 Å². The lowest BCUT2D eigenvalue weighted by molar-refractivity contribution is -0.137. The standard InChI is InChI=1S/C30H28FNO5/c1-2-3-20(16-29(33)34)19-4-7-22(8-5-19)36-27-12-10-25-24(9-11-26(31)30(25)27)21-6-13-28(32-17-21)37-23-14-15-35-18-23/h4-9,11,13,17,20,23,27H,10,12,14-16,18H2,1H3,(H,33,34)/t20-,23+,27+/m0/s1. The Morgan fingerprint density at radius 2 is 2.00 bits per heavy atom. The molecule has 0 amide bonds. The van der Waals surface area contributed by atoms with Gasteiger partial charge in [0.15, 0.2) is 0 Å². The highest BCUT2D eigenvalue weighted by Gasteiger charge is 2.30. The number of pyridine rings is 1. The second-order valence-electron chi connectivity index (χ2n) is 9.23. The fourth-order valence-corrected chi connectivity index (χ4v) is 4.99. The Balaban J connectivity index is 1.33. The summed E-state index contributed by atoms with van der Waals surface area (Å²) in [5.74, 6) is 5.32. The highest BCUT2D eigenvalue weighted by atomic mass is 19.1. The van der Waals surface area contributed by atoms with Gasteiger partial charge in [0.25, 0.3) is 0 Å². The van der Waals surface area contributed by atoms with Crippen LogP contribution in [0, 0.1) is 17.7 Å². The number of fused-ring (bicyclic) bond motifs is 1. The number of ether oxygens (including phenoxy) is 3. The molecule has 2 aliphatic rings. The number of hydrogen-bond donors (Lipinski definition) is 1. The Morgan fingerprint density at radius 1 is 1.16 bits per heavy atom. The molecule has 1 aromatic heterocycles. The van der Waals surface area contributed by atoms with E-state index in [-0.39, 0.29) is 24.3 Å². The Kier molecular flexibility index (Phi) is 7.38. The average molecular weight is 502 g/mol. The molecule has 6 nitrogen and oxygen atoms in total. The van der Waals surface area contributed by atoms with Crippen LogP contribution in [0.3, 0.4) is 0 Å². The second kappa shape index (κ2) is 11.0. The first-order valence-electron chi connectivity index (χ1n) is 12.4. The Labute approximate surface area is 215 Å². The monoisotopic (exact) mass is 501 g/mol. The van der Waals surface area contributed by atoms with Crippen LogP contribution >= 0.6 is 0 Å². The summed E-state index contributed by atoms with van der Waals surface area (Å²) < 4.78 is 32.4. The molecule has 1 aliphatic heterocycles. The zero-order valence-electron chi connectivity index (χ0n) is 20.6. The predicted octanol–water partition coefficient (Wildman–Crippen LogP) is 5.70. The molecule has 37 heavy (non-hydrogen) atoms. The number of nitrogens with zero attached hydrogens (tertiary/aromatic N) is 1. The van der Waals surface area contributed by atoms with Gasteiger partial charge in [-0.2, -0.15) is 0 Å². The van der Waals surface area contributed by atoms with Gasteiger partial charge in [-0.3, -0.25) is 4.79 Å². The van der Waals surface area contributed by atoms with Crippen LogP contribution in [-0.2, 0) is 16.0 Å². The highest BCUT2D eigenvalue weighted by molar-refractivity contribution is 5.70. The SMILES string of the molecule is CC#C[C@@H](CC(=O)O)c1ccc(O[C@@H]2CCc3c(-c4ccc(O[C@@H]5CCOC5)nc4)ccc(F)c32)cc1. The van der Waals surface area contributed by atoms with Crippen LogP contribution in [0.25, 0.3) is 11.1 Å². The molecular formula is C30H28FNO5. The van der Waals surface area contributed by atoms with Crippen LogP contribution in [-0.4, -0.2) is 35.4 Å². The van der Waals surface area contributed by atoms with Crippen LogP contribution in [0.4, 0.5) is 4.39 Å². The van der Waals surface area contributed by atoms with Gasteiger partial charge in [0.2, 0.25) is 5.88 Å². The minimum absolute atomic E-state index is 0.0306. The van der Waals surface area contributed by atoms with Gasteiger partial charge < -0.3 is 19.3 Å². The van der Waals surface area contributed by atoms with Crippen molar-refractivity contribution in [3.63, 3.8) is 0 Å². The fraction of sp³-hybridized carbons (Fsp3) is 0.333. The second-order valence-corrected chi connectivity index (χ2v) is 9.23. The smallest absolute Gasteiger partial charge is 0.304 e. The first-order valence-corrected chi connectivity index (χ1v) is 12.4. The van der Waals surface area contributed by atoms with Gasteiger partial charge in [0, 0.05) is 29.8 Å². The maximum atomic E-state index is 15.0. The van der Waals surface area contributed by atoms with Crippen molar-refractivity contribution in [2.75, 3.05) is 13.2 Å².